The van der Waals surface area contributed by atoms with Gasteiger partial charge in [0.15, 0.2) is 0 Å². The van der Waals surface area contributed by atoms with Crippen molar-refractivity contribution >= 4 is 10.9 Å². The third-order valence-electron chi connectivity index (χ3n) is 3.68. The molecule has 2 heterocycles. The molecule has 1 aromatic carbocycles. The van der Waals surface area contributed by atoms with E-state index in [1.165, 1.54) is 0 Å². The number of aromatic nitrogens is 2. The summed E-state index contributed by atoms with van der Waals surface area (Å²) in [6.07, 6.45) is 1.08. The molecule has 3 rings (SSSR count). The van der Waals surface area contributed by atoms with Gasteiger partial charge in [-0.1, -0.05) is 18.2 Å². The van der Waals surface area contributed by atoms with Crippen LogP contribution in [0.5, 0.6) is 0 Å². The third kappa shape index (κ3) is 2.65. The molecule has 0 aliphatic rings. The van der Waals surface area contributed by atoms with Crippen LogP contribution >= 0.6 is 0 Å². The Hall–Kier alpha value is -2.26. The van der Waals surface area contributed by atoms with Gasteiger partial charge in [-0.15, -0.1) is 0 Å². The molecule has 0 spiro atoms. The van der Waals surface area contributed by atoms with Crippen molar-refractivity contribution in [3.05, 3.63) is 70.7 Å². The predicted molar refractivity (Wildman–Crippen MR) is 84.3 cm³/mol. The maximum atomic E-state index is 10.6. The second-order valence-corrected chi connectivity index (χ2v) is 5.52. The molecule has 2 aromatic heterocycles. The van der Waals surface area contributed by atoms with Gasteiger partial charge >= 0.3 is 0 Å². The van der Waals surface area contributed by atoms with Crippen molar-refractivity contribution in [2.45, 2.75) is 26.9 Å². The molecule has 0 aliphatic carbocycles. The Morgan fingerprint density at radius 2 is 1.81 bits per heavy atom. The zero-order valence-corrected chi connectivity index (χ0v) is 12.5. The molecule has 0 bridgehead atoms. The van der Waals surface area contributed by atoms with Crippen LogP contribution in [0.4, 0.5) is 0 Å². The lowest BCUT2D eigenvalue weighted by Gasteiger charge is -2.14. The number of nitrogens with zero attached hydrogens (tertiary/aromatic N) is 2. The van der Waals surface area contributed by atoms with Crippen molar-refractivity contribution in [1.82, 2.24) is 9.97 Å². The molecule has 1 unspecified atom stereocenters. The molecule has 1 N–H and O–H groups in total. The van der Waals surface area contributed by atoms with Crippen LogP contribution in [0.25, 0.3) is 10.9 Å². The Labute approximate surface area is 124 Å². The second kappa shape index (κ2) is 5.26. The van der Waals surface area contributed by atoms with Crippen molar-refractivity contribution in [2.75, 3.05) is 0 Å². The van der Waals surface area contributed by atoms with Gasteiger partial charge < -0.3 is 5.11 Å². The van der Waals surface area contributed by atoms with Crippen molar-refractivity contribution < 1.29 is 5.11 Å². The lowest BCUT2D eigenvalue weighted by Crippen LogP contribution is -2.05. The Balaban J connectivity index is 2.04. The van der Waals surface area contributed by atoms with Gasteiger partial charge in [-0.05, 0) is 55.7 Å². The number of hydrogen-bond acceptors (Lipinski definition) is 3. The van der Waals surface area contributed by atoms with Gasteiger partial charge in [0, 0.05) is 17.3 Å². The molecule has 0 aliphatic heterocycles. The Morgan fingerprint density at radius 1 is 1.00 bits per heavy atom. The maximum absolute atomic E-state index is 10.6. The fourth-order valence-electron chi connectivity index (χ4n) is 2.59. The van der Waals surface area contributed by atoms with E-state index in [2.05, 4.69) is 9.97 Å². The Bertz CT molecular complexity index is 811. The maximum Gasteiger partial charge on any atom is 0.121 e. The minimum Gasteiger partial charge on any atom is -0.382 e. The zero-order chi connectivity index (χ0) is 15.0. The number of hydrogen-bond donors (Lipinski definition) is 1. The molecule has 1 atom stereocenters. The van der Waals surface area contributed by atoms with Crippen LogP contribution in [0.3, 0.4) is 0 Å². The first kappa shape index (κ1) is 13.7. The number of aliphatic hydroxyl groups is 1. The number of pyridine rings is 2. The number of rotatable bonds is 2. The second-order valence-electron chi connectivity index (χ2n) is 5.52. The van der Waals surface area contributed by atoms with Gasteiger partial charge in [-0.3, -0.25) is 9.97 Å². The Kier molecular flexibility index (Phi) is 3.43. The van der Waals surface area contributed by atoms with Crippen LogP contribution in [0, 0.1) is 20.8 Å². The SMILES string of the molecule is Cc1cnc(C(O)c2ccc3nc(C)ccc3c2)c(C)c1. The summed E-state index contributed by atoms with van der Waals surface area (Å²) in [5, 5.41) is 11.6. The Morgan fingerprint density at radius 3 is 2.57 bits per heavy atom. The molecular weight excluding hydrogens is 260 g/mol. The normalized spacial score (nSPS) is 12.6. The van der Waals surface area contributed by atoms with Gasteiger partial charge in [0.05, 0.1) is 11.2 Å². The summed E-state index contributed by atoms with van der Waals surface area (Å²) in [7, 11) is 0. The fraction of sp³-hybridized carbons (Fsp3) is 0.222. The van der Waals surface area contributed by atoms with Gasteiger partial charge in [-0.25, -0.2) is 0 Å². The van der Waals surface area contributed by atoms with Crippen LogP contribution in [-0.2, 0) is 0 Å². The topological polar surface area (TPSA) is 46.0 Å². The highest BCUT2D eigenvalue weighted by molar-refractivity contribution is 5.79. The average molecular weight is 278 g/mol. The highest BCUT2D eigenvalue weighted by atomic mass is 16.3. The molecule has 3 heteroatoms. The predicted octanol–water partition coefficient (Wildman–Crippen LogP) is 3.64. The summed E-state index contributed by atoms with van der Waals surface area (Å²) in [6, 6.07) is 11.9. The third-order valence-corrected chi connectivity index (χ3v) is 3.68. The van der Waals surface area contributed by atoms with Crippen LogP contribution in [0.15, 0.2) is 42.6 Å². The molecule has 0 amide bonds. The van der Waals surface area contributed by atoms with Gasteiger partial charge in [0.1, 0.15) is 6.10 Å². The number of fused-ring (bicyclic) bond motifs is 1. The molecule has 0 radical (unpaired) electrons. The fourth-order valence-corrected chi connectivity index (χ4v) is 2.59. The van der Waals surface area contributed by atoms with E-state index >= 15 is 0 Å². The van der Waals surface area contributed by atoms with E-state index in [1.54, 1.807) is 6.20 Å². The molecular formula is C18H18N2O. The number of aryl methyl sites for hydroxylation is 3. The minimum absolute atomic E-state index is 0.708. The largest absolute Gasteiger partial charge is 0.382 e. The van der Waals surface area contributed by atoms with E-state index in [1.807, 2.05) is 57.2 Å². The number of aliphatic hydroxyl groups excluding tert-OH is 1. The van der Waals surface area contributed by atoms with Gasteiger partial charge in [0.25, 0.3) is 0 Å². The molecule has 106 valence electrons. The van der Waals surface area contributed by atoms with E-state index < -0.39 is 6.10 Å². The van der Waals surface area contributed by atoms with E-state index in [-0.39, 0.29) is 0 Å². The zero-order valence-electron chi connectivity index (χ0n) is 12.5. The standard InChI is InChI=1S/C18H18N2O/c1-11-8-12(2)17(19-10-11)18(21)15-6-7-16-14(9-15)5-4-13(3)20-16/h4-10,18,21H,1-3H3. The van der Waals surface area contributed by atoms with E-state index in [0.29, 0.717) is 5.69 Å². The van der Waals surface area contributed by atoms with E-state index in [4.69, 9.17) is 0 Å². The summed E-state index contributed by atoms with van der Waals surface area (Å²) >= 11 is 0. The van der Waals surface area contributed by atoms with Crippen molar-refractivity contribution in [3.8, 4) is 0 Å². The summed E-state index contributed by atoms with van der Waals surface area (Å²) in [5.41, 5.74) is 5.59. The smallest absolute Gasteiger partial charge is 0.121 e. The quantitative estimate of drug-likeness (QED) is 0.778. The number of benzene rings is 1. The molecule has 0 saturated heterocycles. The lowest BCUT2D eigenvalue weighted by molar-refractivity contribution is 0.214. The molecule has 21 heavy (non-hydrogen) atoms. The summed E-state index contributed by atoms with van der Waals surface area (Å²) in [4.78, 5) is 8.86. The van der Waals surface area contributed by atoms with Crippen molar-refractivity contribution in [1.29, 1.82) is 0 Å². The van der Waals surface area contributed by atoms with Crippen LogP contribution in [0.1, 0.15) is 34.2 Å². The summed E-state index contributed by atoms with van der Waals surface area (Å²) in [6.45, 7) is 5.95. The average Bonchev–Trinajstić information content (AvgIpc) is 2.46. The van der Waals surface area contributed by atoms with E-state index in [0.717, 1.165) is 33.3 Å². The van der Waals surface area contributed by atoms with Gasteiger partial charge in [-0.2, -0.15) is 0 Å². The van der Waals surface area contributed by atoms with E-state index in [9.17, 15) is 5.11 Å². The first-order chi connectivity index (χ1) is 10.0. The van der Waals surface area contributed by atoms with Crippen molar-refractivity contribution in [2.24, 2.45) is 0 Å². The molecule has 0 fully saturated rings. The molecule has 3 aromatic rings. The van der Waals surface area contributed by atoms with Crippen LogP contribution in [0.2, 0.25) is 0 Å². The van der Waals surface area contributed by atoms with Crippen LogP contribution in [-0.4, -0.2) is 15.1 Å². The van der Waals surface area contributed by atoms with Gasteiger partial charge in [0.2, 0.25) is 0 Å². The first-order valence-electron chi connectivity index (χ1n) is 7.03. The highest BCUT2D eigenvalue weighted by Crippen LogP contribution is 2.26. The molecule has 0 saturated carbocycles. The monoisotopic (exact) mass is 278 g/mol. The lowest BCUT2D eigenvalue weighted by atomic mass is 10.00. The summed E-state index contributed by atoms with van der Waals surface area (Å²) < 4.78 is 0. The highest BCUT2D eigenvalue weighted by Gasteiger charge is 2.15. The first-order valence-corrected chi connectivity index (χ1v) is 7.03. The van der Waals surface area contributed by atoms with Crippen molar-refractivity contribution in [3.63, 3.8) is 0 Å². The van der Waals surface area contributed by atoms with Crippen LogP contribution < -0.4 is 0 Å². The minimum atomic E-state index is -0.712. The summed E-state index contributed by atoms with van der Waals surface area (Å²) in [5.74, 6) is 0. The molecule has 3 nitrogen and oxygen atoms in total.